The van der Waals surface area contributed by atoms with Gasteiger partial charge < -0.3 is 14.4 Å². The first-order valence-corrected chi connectivity index (χ1v) is 8.74. The van der Waals surface area contributed by atoms with E-state index in [1.165, 1.54) is 6.92 Å². The Bertz CT molecular complexity index is 911. The minimum Gasteiger partial charge on any atom is -0.496 e. The van der Waals surface area contributed by atoms with Gasteiger partial charge in [0.05, 0.1) is 25.5 Å². The molecule has 1 aromatic heterocycles. The molecule has 3 aromatic rings. The zero-order chi connectivity index (χ0) is 19.2. The summed E-state index contributed by atoms with van der Waals surface area (Å²) in [5.41, 5.74) is 1.59. The van der Waals surface area contributed by atoms with Crippen molar-refractivity contribution in [3.8, 4) is 17.4 Å². The molecule has 0 bridgehead atoms. The zero-order valence-corrected chi connectivity index (χ0v) is 15.8. The monoisotopic (exact) mass is 382 g/mol. The zero-order valence-electron chi connectivity index (χ0n) is 15.1. The summed E-state index contributed by atoms with van der Waals surface area (Å²) >= 11 is 5.87. The molecule has 0 N–H and O–H groups in total. The summed E-state index contributed by atoms with van der Waals surface area (Å²) in [4.78, 5) is 18.1. The van der Waals surface area contributed by atoms with Crippen molar-refractivity contribution in [2.75, 3.05) is 12.0 Å². The second-order valence-corrected chi connectivity index (χ2v) is 6.26. The van der Waals surface area contributed by atoms with Crippen LogP contribution in [0.1, 0.15) is 12.5 Å². The van der Waals surface area contributed by atoms with Gasteiger partial charge in [-0.15, -0.1) is 0 Å². The van der Waals surface area contributed by atoms with Crippen LogP contribution in [0.4, 0.5) is 5.69 Å². The molecule has 0 unspecified atom stereocenters. The topological polar surface area (TPSA) is 51.7 Å². The molecule has 2 aromatic carbocycles. The number of benzene rings is 2. The first kappa shape index (κ1) is 18.7. The number of hydrogen-bond acceptors (Lipinski definition) is 4. The maximum absolute atomic E-state index is 12.2. The molecule has 3 rings (SSSR count). The molecular weight excluding hydrogens is 364 g/mol. The van der Waals surface area contributed by atoms with E-state index < -0.39 is 0 Å². The van der Waals surface area contributed by atoms with E-state index in [9.17, 15) is 4.79 Å². The molecule has 0 aliphatic carbocycles. The number of anilines is 1. The molecule has 0 radical (unpaired) electrons. The largest absolute Gasteiger partial charge is 0.496 e. The summed E-state index contributed by atoms with van der Waals surface area (Å²) in [6.07, 6.45) is 1.61. The number of pyridine rings is 1. The summed E-state index contributed by atoms with van der Waals surface area (Å²) in [7, 11) is 1.61. The van der Waals surface area contributed by atoms with Crippen LogP contribution < -0.4 is 14.4 Å². The predicted octanol–water partition coefficient (Wildman–Crippen LogP) is 5.09. The molecule has 0 aliphatic rings. The fraction of sp³-hybridized carbons (Fsp3) is 0.143. The van der Waals surface area contributed by atoms with E-state index in [0.29, 0.717) is 28.9 Å². The molecule has 6 heteroatoms. The van der Waals surface area contributed by atoms with Crippen molar-refractivity contribution >= 4 is 23.2 Å². The van der Waals surface area contributed by atoms with Crippen LogP contribution in [0.15, 0.2) is 66.9 Å². The molecule has 138 valence electrons. The van der Waals surface area contributed by atoms with Gasteiger partial charge in [-0.3, -0.25) is 4.79 Å². The van der Waals surface area contributed by atoms with Gasteiger partial charge >= 0.3 is 0 Å². The quantitative estimate of drug-likeness (QED) is 0.596. The molecule has 0 saturated carbocycles. The fourth-order valence-electron chi connectivity index (χ4n) is 2.60. The highest BCUT2D eigenvalue weighted by atomic mass is 35.5. The van der Waals surface area contributed by atoms with Crippen molar-refractivity contribution in [3.63, 3.8) is 0 Å². The smallest absolute Gasteiger partial charge is 0.224 e. The number of amides is 1. The molecule has 5 nitrogen and oxygen atoms in total. The third kappa shape index (κ3) is 4.77. The molecule has 1 heterocycles. The summed E-state index contributed by atoms with van der Waals surface area (Å²) in [6.45, 7) is 1.91. The minimum atomic E-state index is -0.0888. The lowest BCUT2D eigenvalue weighted by molar-refractivity contribution is -0.116. The lowest BCUT2D eigenvalue weighted by Gasteiger charge is -2.22. The first-order chi connectivity index (χ1) is 13.1. The number of carbonyl (C=O) groups is 1. The fourth-order valence-corrected chi connectivity index (χ4v) is 2.73. The lowest BCUT2D eigenvalue weighted by Crippen LogP contribution is -2.28. The van der Waals surface area contributed by atoms with Gasteiger partial charge in [-0.2, -0.15) is 0 Å². The molecule has 1 amide bonds. The Balaban J connectivity index is 1.78. The van der Waals surface area contributed by atoms with Gasteiger partial charge in [-0.25, -0.2) is 4.98 Å². The Morgan fingerprint density at radius 3 is 2.44 bits per heavy atom. The average Bonchev–Trinajstić information content (AvgIpc) is 2.69. The van der Waals surface area contributed by atoms with Gasteiger partial charge in [-0.1, -0.05) is 29.8 Å². The number of nitrogens with zero attached hydrogens (tertiary/aromatic N) is 2. The summed E-state index contributed by atoms with van der Waals surface area (Å²) in [5.74, 6) is 1.72. The highest BCUT2D eigenvalue weighted by Crippen LogP contribution is 2.26. The van der Waals surface area contributed by atoms with Crippen LogP contribution >= 0.6 is 11.6 Å². The Kier molecular flexibility index (Phi) is 5.94. The Morgan fingerprint density at radius 1 is 1.07 bits per heavy atom. The van der Waals surface area contributed by atoms with Crippen LogP contribution in [0.5, 0.6) is 17.4 Å². The van der Waals surface area contributed by atoms with E-state index in [1.807, 2.05) is 24.3 Å². The Morgan fingerprint density at radius 2 is 1.81 bits per heavy atom. The number of aromatic nitrogens is 1. The van der Waals surface area contributed by atoms with Crippen molar-refractivity contribution in [2.24, 2.45) is 0 Å². The number of para-hydroxylation sites is 1. The van der Waals surface area contributed by atoms with E-state index in [2.05, 4.69) is 4.98 Å². The summed E-state index contributed by atoms with van der Waals surface area (Å²) in [6, 6.07) is 18.2. The van der Waals surface area contributed by atoms with Crippen molar-refractivity contribution in [2.45, 2.75) is 13.5 Å². The molecule has 0 fully saturated rings. The molecular formula is C21H19ClN2O3. The highest BCUT2D eigenvalue weighted by molar-refractivity contribution is 6.30. The van der Waals surface area contributed by atoms with Gasteiger partial charge in [-0.05, 0) is 36.4 Å². The summed E-state index contributed by atoms with van der Waals surface area (Å²) in [5, 5.41) is 0.638. The summed E-state index contributed by atoms with van der Waals surface area (Å²) < 4.78 is 11.1. The van der Waals surface area contributed by atoms with Gasteiger partial charge in [0.15, 0.2) is 0 Å². The van der Waals surface area contributed by atoms with Crippen LogP contribution in [-0.4, -0.2) is 18.0 Å². The first-order valence-electron chi connectivity index (χ1n) is 8.36. The van der Waals surface area contributed by atoms with Gasteiger partial charge in [0, 0.05) is 23.6 Å². The van der Waals surface area contributed by atoms with Crippen LogP contribution in [-0.2, 0) is 11.3 Å². The second kappa shape index (κ2) is 8.56. The number of rotatable bonds is 6. The predicted molar refractivity (Wildman–Crippen MR) is 106 cm³/mol. The van der Waals surface area contributed by atoms with Crippen LogP contribution in [0, 0.1) is 0 Å². The van der Waals surface area contributed by atoms with E-state index in [0.717, 1.165) is 11.3 Å². The van der Waals surface area contributed by atoms with Gasteiger partial charge in [0.2, 0.25) is 11.8 Å². The van der Waals surface area contributed by atoms with Gasteiger partial charge in [0.1, 0.15) is 11.5 Å². The maximum atomic E-state index is 12.2. The number of methoxy groups -OCH3 is 1. The van der Waals surface area contributed by atoms with Crippen molar-refractivity contribution in [1.29, 1.82) is 0 Å². The molecule has 27 heavy (non-hydrogen) atoms. The third-order valence-electron chi connectivity index (χ3n) is 3.97. The van der Waals surface area contributed by atoms with Gasteiger partial charge in [0.25, 0.3) is 0 Å². The normalized spacial score (nSPS) is 10.3. The standard InChI is InChI=1S/C21H19ClN2O3/c1-15(25)24(14-16-5-3-4-6-20(16)26-2)18-9-12-21(23-13-18)27-19-10-7-17(22)8-11-19/h3-13H,14H2,1-2H3. The second-order valence-electron chi connectivity index (χ2n) is 5.83. The van der Waals surface area contributed by atoms with Crippen molar-refractivity contribution in [3.05, 3.63) is 77.4 Å². The third-order valence-corrected chi connectivity index (χ3v) is 4.22. The number of carbonyl (C=O) groups excluding carboxylic acids is 1. The number of halogens is 1. The number of ether oxygens (including phenoxy) is 2. The maximum Gasteiger partial charge on any atom is 0.224 e. The average molecular weight is 383 g/mol. The molecule has 0 aliphatic heterocycles. The van der Waals surface area contributed by atoms with Crippen molar-refractivity contribution < 1.29 is 14.3 Å². The van der Waals surface area contributed by atoms with E-state index >= 15 is 0 Å². The van der Waals surface area contributed by atoms with E-state index in [4.69, 9.17) is 21.1 Å². The van der Waals surface area contributed by atoms with E-state index in [-0.39, 0.29) is 5.91 Å². The molecule has 0 atom stereocenters. The highest BCUT2D eigenvalue weighted by Gasteiger charge is 2.15. The van der Waals surface area contributed by atoms with Crippen LogP contribution in [0.2, 0.25) is 5.02 Å². The Labute approximate surface area is 163 Å². The van der Waals surface area contributed by atoms with Crippen molar-refractivity contribution in [1.82, 2.24) is 4.98 Å². The SMILES string of the molecule is COc1ccccc1CN(C(C)=O)c1ccc(Oc2ccc(Cl)cc2)nc1. The Hall–Kier alpha value is -3.05. The van der Waals surface area contributed by atoms with Crippen LogP contribution in [0.25, 0.3) is 0 Å². The lowest BCUT2D eigenvalue weighted by atomic mass is 10.1. The molecule has 0 saturated heterocycles. The van der Waals surface area contributed by atoms with Crippen LogP contribution in [0.3, 0.4) is 0 Å². The number of hydrogen-bond donors (Lipinski definition) is 0. The van der Waals surface area contributed by atoms with E-state index in [1.54, 1.807) is 54.6 Å². The minimum absolute atomic E-state index is 0.0888. The molecule has 0 spiro atoms.